The van der Waals surface area contributed by atoms with Gasteiger partial charge in [-0.05, 0) is 59.7 Å². The molecule has 10 aromatic rings. The highest BCUT2D eigenvalue weighted by Crippen LogP contribution is 2.38. The topological polar surface area (TPSA) is 43.6 Å². The van der Waals surface area contributed by atoms with Gasteiger partial charge >= 0.3 is 0 Å². The molecule has 0 radical (unpaired) electrons. The number of thiophene rings is 1. The molecule has 10 rings (SSSR count). The van der Waals surface area contributed by atoms with Crippen LogP contribution in [0.2, 0.25) is 0 Å². The van der Waals surface area contributed by atoms with Crippen molar-refractivity contribution in [2.75, 3.05) is 0 Å². The summed E-state index contributed by atoms with van der Waals surface area (Å²) < 4.78 is 5.00. The van der Waals surface area contributed by atoms with E-state index in [1.807, 2.05) is 72.0 Å². The van der Waals surface area contributed by atoms with Crippen LogP contribution in [0.1, 0.15) is 0 Å². The minimum Gasteiger partial charge on any atom is -0.309 e. The lowest BCUT2D eigenvalue weighted by molar-refractivity contribution is 1.07. The second kappa shape index (κ2) is 11.6. The standard InChI is InChI=1S/C45H28N4S/c1-3-12-29(13-4-1)43-46-44(30-14-5-2-6-15-30)48-45(47-43)33-23-25-40-38(27-33)35-18-7-9-20-39(35)49(40)34-17-11-16-31(26-34)32-22-24-37-36-19-8-10-21-41(36)50-42(37)28-32/h1-28H. The number of aromatic nitrogens is 4. The molecule has 5 heteroatoms. The first kappa shape index (κ1) is 28.6. The minimum atomic E-state index is 0.648. The summed E-state index contributed by atoms with van der Waals surface area (Å²) in [6.07, 6.45) is 0. The molecule has 0 aliphatic heterocycles. The third-order valence-corrected chi connectivity index (χ3v) is 10.6. The van der Waals surface area contributed by atoms with Gasteiger partial charge in [0, 0.05) is 53.3 Å². The van der Waals surface area contributed by atoms with Crippen molar-refractivity contribution in [3.05, 3.63) is 170 Å². The summed E-state index contributed by atoms with van der Waals surface area (Å²) in [7, 11) is 0. The van der Waals surface area contributed by atoms with Crippen LogP contribution in [0, 0.1) is 0 Å². The van der Waals surface area contributed by atoms with E-state index in [-0.39, 0.29) is 0 Å². The predicted molar refractivity (Wildman–Crippen MR) is 209 cm³/mol. The predicted octanol–water partition coefficient (Wildman–Crippen LogP) is 12.0. The summed E-state index contributed by atoms with van der Waals surface area (Å²) in [6, 6.07) is 59.8. The average molecular weight is 657 g/mol. The SMILES string of the molecule is c1ccc(-c2nc(-c3ccccc3)nc(-c3ccc4c(c3)c3ccccc3n4-c3cccc(-c4ccc5c(c4)sc4ccccc45)c3)n2)cc1. The Hall–Kier alpha value is -6.43. The number of hydrogen-bond acceptors (Lipinski definition) is 4. The Bertz CT molecular complexity index is 2810. The summed E-state index contributed by atoms with van der Waals surface area (Å²) in [5, 5.41) is 4.97. The zero-order chi connectivity index (χ0) is 33.0. The lowest BCUT2D eigenvalue weighted by Crippen LogP contribution is -2.00. The molecular weight excluding hydrogens is 629 g/mol. The van der Waals surface area contributed by atoms with E-state index in [0.29, 0.717) is 17.5 Å². The van der Waals surface area contributed by atoms with E-state index in [4.69, 9.17) is 15.0 Å². The largest absolute Gasteiger partial charge is 0.309 e. The third-order valence-electron chi connectivity index (χ3n) is 9.45. The van der Waals surface area contributed by atoms with Crippen molar-refractivity contribution in [3.8, 4) is 51.0 Å². The van der Waals surface area contributed by atoms with Gasteiger partial charge in [-0.15, -0.1) is 11.3 Å². The summed E-state index contributed by atoms with van der Waals surface area (Å²) in [4.78, 5) is 14.9. The number of nitrogens with zero attached hydrogens (tertiary/aromatic N) is 4. The molecule has 0 atom stereocenters. The van der Waals surface area contributed by atoms with Gasteiger partial charge in [0.05, 0.1) is 11.0 Å². The Morgan fingerprint density at radius 1 is 0.340 bits per heavy atom. The van der Waals surface area contributed by atoms with Gasteiger partial charge in [0.15, 0.2) is 17.5 Å². The zero-order valence-electron chi connectivity index (χ0n) is 26.9. The van der Waals surface area contributed by atoms with Crippen LogP contribution in [0.25, 0.3) is 93.0 Å². The third kappa shape index (κ3) is 4.79. The van der Waals surface area contributed by atoms with Crippen molar-refractivity contribution in [2.24, 2.45) is 0 Å². The summed E-state index contributed by atoms with van der Waals surface area (Å²) in [5.41, 5.74) is 8.67. The van der Waals surface area contributed by atoms with Crippen LogP contribution in [0.4, 0.5) is 0 Å². The van der Waals surface area contributed by atoms with Gasteiger partial charge in [-0.3, -0.25) is 0 Å². The maximum Gasteiger partial charge on any atom is 0.164 e. The number of hydrogen-bond donors (Lipinski definition) is 0. The van der Waals surface area contributed by atoms with Crippen LogP contribution in [0.15, 0.2) is 170 Å². The van der Waals surface area contributed by atoms with Crippen LogP contribution < -0.4 is 0 Å². The van der Waals surface area contributed by atoms with E-state index >= 15 is 0 Å². The number of fused-ring (bicyclic) bond motifs is 6. The van der Waals surface area contributed by atoms with Crippen molar-refractivity contribution >= 4 is 53.3 Å². The van der Waals surface area contributed by atoms with Crippen molar-refractivity contribution in [2.45, 2.75) is 0 Å². The highest BCUT2D eigenvalue weighted by Gasteiger charge is 2.17. The molecule has 7 aromatic carbocycles. The zero-order valence-corrected chi connectivity index (χ0v) is 27.7. The summed E-state index contributed by atoms with van der Waals surface area (Å²) >= 11 is 1.86. The Morgan fingerprint density at radius 3 is 1.66 bits per heavy atom. The maximum atomic E-state index is 5.00. The molecule has 0 spiro atoms. The molecule has 4 nitrogen and oxygen atoms in total. The number of para-hydroxylation sites is 1. The van der Waals surface area contributed by atoms with Gasteiger partial charge in [0.25, 0.3) is 0 Å². The van der Waals surface area contributed by atoms with Crippen LogP contribution in [0.3, 0.4) is 0 Å². The molecule has 234 valence electrons. The fraction of sp³-hybridized carbons (Fsp3) is 0. The second-order valence-corrected chi connectivity index (χ2v) is 13.6. The van der Waals surface area contributed by atoms with Gasteiger partial charge in [-0.1, -0.05) is 121 Å². The highest BCUT2D eigenvalue weighted by atomic mass is 32.1. The molecule has 3 heterocycles. The molecule has 0 fully saturated rings. The van der Waals surface area contributed by atoms with E-state index in [2.05, 4.69) is 114 Å². The van der Waals surface area contributed by atoms with E-state index in [1.165, 1.54) is 36.7 Å². The lowest BCUT2D eigenvalue weighted by Gasteiger charge is -2.11. The van der Waals surface area contributed by atoms with E-state index < -0.39 is 0 Å². The van der Waals surface area contributed by atoms with Gasteiger partial charge in [-0.2, -0.15) is 0 Å². The van der Waals surface area contributed by atoms with Crippen LogP contribution in [0.5, 0.6) is 0 Å². The monoisotopic (exact) mass is 656 g/mol. The normalized spacial score (nSPS) is 11.6. The van der Waals surface area contributed by atoms with Crippen molar-refractivity contribution < 1.29 is 0 Å². The molecule has 3 aromatic heterocycles. The Morgan fingerprint density at radius 2 is 0.900 bits per heavy atom. The molecule has 0 amide bonds. The molecule has 0 aliphatic rings. The maximum absolute atomic E-state index is 5.00. The van der Waals surface area contributed by atoms with E-state index in [0.717, 1.165) is 38.8 Å². The lowest BCUT2D eigenvalue weighted by atomic mass is 10.0. The fourth-order valence-corrected chi connectivity index (χ4v) is 8.20. The van der Waals surface area contributed by atoms with Gasteiger partial charge in [0.1, 0.15) is 0 Å². The van der Waals surface area contributed by atoms with Crippen LogP contribution in [-0.2, 0) is 0 Å². The van der Waals surface area contributed by atoms with E-state index in [9.17, 15) is 0 Å². The Labute approximate surface area is 292 Å². The Kier molecular flexibility index (Phi) is 6.64. The quantitative estimate of drug-likeness (QED) is 0.185. The number of benzene rings is 7. The fourth-order valence-electron chi connectivity index (χ4n) is 7.06. The van der Waals surface area contributed by atoms with E-state index in [1.54, 1.807) is 0 Å². The van der Waals surface area contributed by atoms with Gasteiger partial charge in [0.2, 0.25) is 0 Å². The molecule has 0 saturated carbocycles. The number of rotatable bonds is 5. The van der Waals surface area contributed by atoms with Gasteiger partial charge in [-0.25, -0.2) is 15.0 Å². The molecule has 0 saturated heterocycles. The first-order valence-electron chi connectivity index (χ1n) is 16.7. The minimum absolute atomic E-state index is 0.648. The second-order valence-electron chi connectivity index (χ2n) is 12.5. The summed E-state index contributed by atoms with van der Waals surface area (Å²) in [6.45, 7) is 0. The summed E-state index contributed by atoms with van der Waals surface area (Å²) in [5.74, 6) is 1.96. The first-order chi connectivity index (χ1) is 24.8. The molecular formula is C45H28N4S. The van der Waals surface area contributed by atoms with Crippen molar-refractivity contribution in [1.82, 2.24) is 19.5 Å². The highest BCUT2D eigenvalue weighted by molar-refractivity contribution is 7.25. The molecule has 0 unspecified atom stereocenters. The van der Waals surface area contributed by atoms with Crippen molar-refractivity contribution in [3.63, 3.8) is 0 Å². The Balaban J connectivity index is 1.12. The molecule has 0 aliphatic carbocycles. The average Bonchev–Trinajstić information content (AvgIpc) is 3.73. The molecule has 0 bridgehead atoms. The van der Waals surface area contributed by atoms with Crippen molar-refractivity contribution in [1.29, 1.82) is 0 Å². The van der Waals surface area contributed by atoms with Crippen LogP contribution >= 0.6 is 11.3 Å². The molecule has 0 N–H and O–H groups in total. The smallest absolute Gasteiger partial charge is 0.164 e. The first-order valence-corrected chi connectivity index (χ1v) is 17.5. The van der Waals surface area contributed by atoms with Crippen LogP contribution in [-0.4, -0.2) is 19.5 Å². The van der Waals surface area contributed by atoms with Gasteiger partial charge < -0.3 is 4.57 Å². The molecule has 50 heavy (non-hydrogen) atoms.